The van der Waals surface area contributed by atoms with Gasteiger partial charge in [-0.3, -0.25) is 4.79 Å². The van der Waals surface area contributed by atoms with Crippen molar-refractivity contribution in [1.29, 1.82) is 0 Å². The molecule has 25 heavy (non-hydrogen) atoms. The zero-order valence-electron chi connectivity index (χ0n) is 13.8. The Labute approximate surface area is 152 Å². The summed E-state index contributed by atoms with van der Waals surface area (Å²) >= 11 is 5.82. The number of benzene rings is 2. The van der Waals surface area contributed by atoms with E-state index in [1.165, 1.54) is 6.42 Å². The standard InChI is InChI=1S/C19H20ClN3O2/c20-15-6-10-17(11-7-15)22-19(25)21-16-8-4-14(5-9-16)18(24)23-12-2-1-3-13-23/h4-11H,1-3,12-13H2,(H2,21,22,25). The molecule has 0 aromatic heterocycles. The molecule has 1 aliphatic rings. The maximum atomic E-state index is 12.4. The van der Waals surface area contributed by atoms with Crippen molar-refractivity contribution in [1.82, 2.24) is 4.90 Å². The molecule has 0 atom stereocenters. The molecular formula is C19H20ClN3O2. The first-order valence-electron chi connectivity index (χ1n) is 8.35. The second-order valence-corrected chi connectivity index (χ2v) is 6.45. The number of carbonyl (C=O) groups is 2. The zero-order valence-corrected chi connectivity index (χ0v) is 14.6. The number of urea groups is 1. The Morgan fingerprint density at radius 3 is 1.88 bits per heavy atom. The van der Waals surface area contributed by atoms with E-state index in [1.54, 1.807) is 48.5 Å². The van der Waals surface area contributed by atoms with Crippen LogP contribution in [0.2, 0.25) is 5.02 Å². The molecule has 1 heterocycles. The zero-order chi connectivity index (χ0) is 17.6. The van der Waals surface area contributed by atoms with Gasteiger partial charge in [-0.2, -0.15) is 0 Å². The van der Waals surface area contributed by atoms with Crippen molar-refractivity contribution < 1.29 is 9.59 Å². The number of amides is 3. The van der Waals surface area contributed by atoms with Gasteiger partial charge in [0.25, 0.3) is 5.91 Å². The third kappa shape index (κ3) is 4.73. The maximum absolute atomic E-state index is 12.4. The third-order valence-corrected chi connectivity index (χ3v) is 4.39. The second-order valence-electron chi connectivity index (χ2n) is 6.02. The SMILES string of the molecule is O=C(Nc1ccc(Cl)cc1)Nc1ccc(C(=O)N2CCCCC2)cc1. The van der Waals surface area contributed by atoms with E-state index in [0.717, 1.165) is 25.9 Å². The molecule has 130 valence electrons. The van der Waals surface area contributed by atoms with Gasteiger partial charge < -0.3 is 15.5 Å². The lowest BCUT2D eigenvalue weighted by molar-refractivity contribution is 0.0724. The first-order valence-corrected chi connectivity index (χ1v) is 8.72. The van der Waals surface area contributed by atoms with Gasteiger partial charge in [-0.15, -0.1) is 0 Å². The molecule has 0 saturated carbocycles. The molecule has 0 aliphatic carbocycles. The predicted octanol–water partition coefficient (Wildman–Crippen LogP) is 4.61. The molecule has 2 aromatic rings. The fourth-order valence-electron chi connectivity index (χ4n) is 2.80. The topological polar surface area (TPSA) is 61.4 Å². The van der Waals surface area contributed by atoms with Gasteiger partial charge in [0, 0.05) is 35.1 Å². The molecule has 2 aromatic carbocycles. The number of rotatable bonds is 3. The fourth-order valence-corrected chi connectivity index (χ4v) is 2.93. The van der Waals surface area contributed by atoms with Crippen LogP contribution in [-0.4, -0.2) is 29.9 Å². The molecule has 2 N–H and O–H groups in total. The van der Waals surface area contributed by atoms with Crippen molar-refractivity contribution in [2.24, 2.45) is 0 Å². The summed E-state index contributed by atoms with van der Waals surface area (Å²) in [5.41, 5.74) is 1.92. The van der Waals surface area contributed by atoms with Gasteiger partial charge in [0.2, 0.25) is 0 Å². The predicted molar refractivity (Wildman–Crippen MR) is 100 cm³/mol. The van der Waals surface area contributed by atoms with E-state index < -0.39 is 0 Å². The lowest BCUT2D eigenvalue weighted by Gasteiger charge is -2.26. The van der Waals surface area contributed by atoms with E-state index in [0.29, 0.717) is 22.0 Å². The van der Waals surface area contributed by atoms with E-state index in [2.05, 4.69) is 10.6 Å². The summed E-state index contributed by atoms with van der Waals surface area (Å²) in [6.45, 7) is 1.64. The van der Waals surface area contributed by atoms with Crippen LogP contribution in [0, 0.1) is 0 Å². The highest BCUT2D eigenvalue weighted by atomic mass is 35.5. The van der Waals surface area contributed by atoms with Crippen LogP contribution in [0.1, 0.15) is 29.6 Å². The Morgan fingerprint density at radius 1 is 0.800 bits per heavy atom. The Bertz CT molecular complexity index is 738. The highest BCUT2D eigenvalue weighted by Crippen LogP contribution is 2.17. The van der Waals surface area contributed by atoms with Crippen LogP contribution < -0.4 is 10.6 Å². The monoisotopic (exact) mass is 357 g/mol. The minimum atomic E-state index is -0.350. The summed E-state index contributed by atoms with van der Waals surface area (Å²) in [4.78, 5) is 26.3. The number of hydrogen-bond donors (Lipinski definition) is 2. The molecule has 0 radical (unpaired) electrons. The number of likely N-dealkylation sites (tertiary alicyclic amines) is 1. The maximum Gasteiger partial charge on any atom is 0.323 e. The van der Waals surface area contributed by atoms with Crippen LogP contribution in [0.4, 0.5) is 16.2 Å². The Kier molecular flexibility index (Phi) is 5.56. The lowest BCUT2D eigenvalue weighted by Crippen LogP contribution is -2.35. The first kappa shape index (κ1) is 17.3. The quantitative estimate of drug-likeness (QED) is 0.842. The number of piperidine rings is 1. The van der Waals surface area contributed by atoms with Crippen LogP contribution >= 0.6 is 11.6 Å². The minimum Gasteiger partial charge on any atom is -0.339 e. The first-order chi connectivity index (χ1) is 12.1. The van der Waals surface area contributed by atoms with Crippen molar-refractivity contribution in [2.75, 3.05) is 23.7 Å². The van der Waals surface area contributed by atoms with E-state index in [9.17, 15) is 9.59 Å². The van der Waals surface area contributed by atoms with Crippen LogP contribution in [0.3, 0.4) is 0 Å². The van der Waals surface area contributed by atoms with Gasteiger partial charge in [0.05, 0.1) is 0 Å². The summed E-state index contributed by atoms with van der Waals surface area (Å²) in [6.07, 6.45) is 3.32. The van der Waals surface area contributed by atoms with Crippen molar-refractivity contribution in [3.05, 3.63) is 59.1 Å². The van der Waals surface area contributed by atoms with E-state index in [-0.39, 0.29) is 11.9 Å². The molecule has 1 saturated heterocycles. The number of carbonyl (C=O) groups excluding carboxylic acids is 2. The smallest absolute Gasteiger partial charge is 0.323 e. The molecule has 1 fully saturated rings. The van der Waals surface area contributed by atoms with Crippen LogP contribution in [0.15, 0.2) is 48.5 Å². The lowest BCUT2D eigenvalue weighted by atomic mass is 10.1. The van der Waals surface area contributed by atoms with Gasteiger partial charge >= 0.3 is 6.03 Å². The van der Waals surface area contributed by atoms with Gasteiger partial charge in [0.1, 0.15) is 0 Å². The second kappa shape index (κ2) is 8.03. The average molecular weight is 358 g/mol. The molecule has 1 aliphatic heterocycles. The Morgan fingerprint density at radius 2 is 1.32 bits per heavy atom. The minimum absolute atomic E-state index is 0.0527. The van der Waals surface area contributed by atoms with E-state index >= 15 is 0 Å². The number of nitrogens with one attached hydrogen (secondary N) is 2. The van der Waals surface area contributed by atoms with Crippen molar-refractivity contribution in [3.8, 4) is 0 Å². The normalized spacial score (nSPS) is 14.0. The van der Waals surface area contributed by atoms with Gasteiger partial charge in [-0.05, 0) is 67.8 Å². The van der Waals surface area contributed by atoms with E-state index in [1.807, 2.05) is 4.90 Å². The molecule has 0 bridgehead atoms. The highest BCUT2D eigenvalue weighted by Gasteiger charge is 2.17. The highest BCUT2D eigenvalue weighted by molar-refractivity contribution is 6.30. The van der Waals surface area contributed by atoms with Crippen molar-refractivity contribution in [2.45, 2.75) is 19.3 Å². The molecule has 3 rings (SSSR count). The molecule has 0 unspecified atom stereocenters. The van der Waals surface area contributed by atoms with Crippen molar-refractivity contribution >= 4 is 34.9 Å². The summed E-state index contributed by atoms with van der Waals surface area (Å²) in [5, 5.41) is 6.08. The molecule has 3 amide bonds. The molecule has 6 heteroatoms. The van der Waals surface area contributed by atoms with Crippen molar-refractivity contribution in [3.63, 3.8) is 0 Å². The van der Waals surface area contributed by atoms with E-state index in [4.69, 9.17) is 11.6 Å². The average Bonchev–Trinajstić information content (AvgIpc) is 2.64. The Hall–Kier alpha value is -2.53. The summed E-state index contributed by atoms with van der Waals surface area (Å²) in [6, 6.07) is 13.5. The summed E-state index contributed by atoms with van der Waals surface area (Å²) < 4.78 is 0. The largest absolute Gasteiger partial charge is 0.339 e. The Balaban J connectivity index is 1.57. The van der Waals surface area contributed by atoms with Crippen LogP contribution in [-0.2, 0) is 0 Å². The molecular weight excluding hydrogens is 338 g/mol. The molecule has 5 nitrogen and oxygen atoms in total. The van der Waals surface area contributed by atoms with Crippen LogP contribution in [0.5, 0.6) is 0 Å². The summed E-state index contributed by atoms with van der Waals surface area (Å²) in [7, 11) is 0. The molecule has 0 spiro atoms. The fraction of sp³-hybridized carbons (Fsp3) is 0.263. The van der Waals surface area contributed by atoms with Crippen LogP contribution in [0.25, 0.3) is 0 Å². The summed E-state index contributed by atoms with van der Waals surface area (Å²) in [5.74, 6) is 0.0527. The van der Waals surface area contributed by atoms with Gasteiger partial charge in [0.15, 0.2) is 0 Å². The number of nitrogens with zero attached hydrogens (tertiary/aromatic N) is 1. The number of halogens is 1. The number of anilines is 2. The number of hydrogen-bond acceptors (Lipinski definition) is 2. The van der Waals surface area contributed by atoms with Gasteiger partial charge in [-0.1, -0.05) is 11.6 Å². The van der Waals surface area contributed by atoms with Gasteiger partial charge in [-0.25, -0.2) is 4.79 Å². The third-order valence-electron chi connectivity index (χ3n) is 4.14.